The first-order valence-corrected chi connectivity index (χ1v) is 1.39. The number of ether oxygens (including phenoxy) is 1. The summed E-state index contributed by atoms with van der Waals surface area (Å²) in [6.07, 6.45) is 2.08. The molecule has 1 fully saturated rings. The molecule has 0 bridgehead atoms. The van der Waals surface area contributed by atoms with E-state index >= 15 is 0 Å². The van der Waals surface area contributed by atoms with E-state index in [1.807, 2.05) is 0 Å². The van der Waals surface area contributed by atoms with Gasteiger partial charge in [-0.25, -0.2) is 0 Å². The lowest BCUT2D eigenvalue weighted by molar-refractivity contribution is 0.0965. The van der Waals surface area contributed by atoms with Crippen LogP contribution in [0.3, 0.4) is 0 Å². The minimum Gasteiger partial charge on any atom is -0.381 e. The first-order chi connectivity index (χ1) is 2.00. The molecule has 1 aliphatic rings. The highest BCUT2D eigenvalue weighted by Gasteiger charge is 1.95. The summed E-state index contributed by atoms with van der Waals surface area (Å²) in [5.41, 5.74) is 0. The third kappa shape index (κ3) is 0.115. The molecule has 0 aromatic carbocycles. The Labute approximate surface area is 25.6 Å². The molecule has 1 aliphatic heterocycles. The van der Waals surface area contributed by atoms with E-state index in [0.29, 0.717) is 0 Å². The minimum absolute atomic E-state index is 0.875. The Bertz CT molecular complexity index is 11.2. The SMILES string of the molecule is [CH]1COC1. The summed E-state index contributed by atoms with van der Waals surface area (Å²) in [7, 11) is 0. The van der Waals surface area contributed by atoms with Gasteiger partial charge >= 0.3 is 0 Å². The summed E-state index contributed by atoms with van der Waals surface area (Å²) in [6, 6.07) is 0. The predicted molar refractivity (Wildman–Crippen MR) is 15.1 cm³/mol. The van der Waals surface area contributed by atoms with Crippen LogP contribution in [0.2, 0.25) is 0 Å². The Kier molecular flexibility index (Phi) is 0.401. The van der Waals surface area contributed by atoms with Gasteiger partial charge in [0, 0.05) is 6.42 Å². The van der Waals surface area contributed by atoms with Crippen molar-refractivity contribution in [2.24, 2.45) is 0 Å². The van der Waals surface area contributed by atoms with E-state index in [9.17, 15) is 0 Å². The van der Waals surface area contributed by atoms with Gasteiger partial charge in [-0.2, -0.15) is 0 Å². The monoisotopic (exact) mass is 57.0 g/mol. The fraction of sp³-hybridized carbons (Fsp3) is 0.667. The molecule has 0 spiro atoms. The topological polar surface area (TPSA) is 9.23 Å². The smallest absolute Gasteiger partial charge is 0.0520 e. The van der Waals surface area contributed by atoms with Gasteiger partial charge < -0.3 is 4.74 Å². The third-order valence-electron chi connectivity index (χ3n) is 0.471. The van der Waals surface area contributed by atoms with Gasteiger partial charge in [0.1, 0.15) is 0 Å². The second kappa shape index (κ2) is 0.725. The maximum atomic E-state index is 4.67. The fourth-order valence-electron chi connectivity index (χ4n) is 0.118. The van der Waals surface area contributed by atoms with Crippen molar-refractivity contribution in [3.63, 3.8) is 0 Å². The highest BCUT2D eigenvalue weighted by atomic mass is 16.5. The molecule has 1 nitrogen and oxygen atoms in total. The molecule has 0 atom stereocenters. The molecule has 1 heterocycles. The fourth-order valence-corrected chi connectivity index (χ4v) is 0.118. The molecule has 1 rings (SSSR count). The van der Waals surface area contributed by atoms with Gasteiger partial charge in [-0.15, -0.1) is 0 Å². The van der Waals surface area contributed by atoms with E-state index in [1.54, 1.807) is 0 Å². The zero-order chi connectivity index (χ0) is 2.83. The van der Waals surface area contributed by atoms with Crippen molar-refractivity contribution in [2.45, 2.75) is 0 Å². The summed E-state index contributed by atoms with van der Waals surface area (Å²) < 4.78 is 4.67. The number of hydrogen-bond donors (Lipinski definition) is 0. The summed E-state index contributed by atoms with van der Waals surface area (Å²) >= 11 is 0. The second-order valence-electron chi connectivity index (χ2n) is 0.826. The largest absolute Gasteiger partial charge is 0.381 e. The number of rotatable bonds is 0. The van der Waals surface area contributed by atoms with Crippen molar-refractivity contribution in [3.8, 4) is 0 Å². The average molecular weight is 57.1 g/mol. The van der Waals surface area contributed by atoms with Crippen LogP contribution in [0.25, 0.3) is 0 Å². The van der Waals surface area contributed by atoms with Crippen LogP contribution in [0.1, 0.15) is 0 Å². The molecule has 0 saturated carbocycles. The lowest BCUT2D eigenvalue weighted by atomic mass is 10.4. The van der Waals surface area contributed by atoms with Crippen molar-refractivity contribution < 1.29 is 4.74 Å². The molecular weight excluding hydrogens is 52.0 g/mol. The Morgan fingerprint density at radius 2 is 1.75 bits per heavy atom. The molecular formula is C3H5O. The first kappa shape index (κ1) is 2.21. The van der Waals surface area contributed by atoms with Crippen molar-refractivity contribution in [3.05, 3.63) is 6.42 Å². The molecule has 4 heavy (non-hydrogen) atoms. The van der Waals surface area contributed by atoms with Crippen LogP contribution < -0.4 is 0 Å². The van der Waals surface area contributed by atoms with Gasteiger partial charge in [0.15, 0.2) is 0 Å². The van der Waals surface area contributed by atoms with Gasteiger partial charge in [0.05, 0.1) is 13.2 Å². The zero-order valence-corrected chi connectivity index (χ0v) is 2.40. The Morgan fingerprint density at radius 1 is 1.50 bits per heavy atom. The Hall–Kier alpha value is -0.0400. The van der Waals surface area contributed by atoms with Crippen LogP contribution in [0.15, 0.2) is 0 Å². The molecule has 0 unspecified atom stereocenters. The second-order valence-corrected chi connectivity index (χ2v) is 0.826. The molecule has 1 radical (unpaired) electrons. The normalized spacial score (nSPS) is 24.0. The molecule has 0 aromatic heterocycles. The minimum atomic E-state index is 0.875. The van der Waals surface area contributed by atoms with Gasteiger partial charge in [-0.1, -0.05) is 0 Å². The first-order valence-electron chi connectivity index (χ1n) is 1.39. The lowest BCUT2D eigenvalue weighted by Gasteiger charge is -2.08. The molecule has 23 valence electrons. The van der Waals surface area contributed by atoms with Crippen molar-refractivity contribution in [2.75, 3.05) is 13.2 Å². The van der Waals surface area contributed by atoms with Gasteiger partial charge in [-0.05, 0) is 0 Å². The quantitative estimate of drug-likeness (QED) is 0.386. The Balaban J connectivity index is 2.00. The highest BCUT2D eigenvalue weighted by Crippen LogP contribution is 1.91. The van der Waals surface area contributed by atoms with Crippen LogP contribution in [0, 0.1) is 6.42 Å². The van der Waals surface area contributed by atoms with E-state index in [-0.39, 0.29) is 0 Å². The van der Waals surface area contributed by atoms with Crippen LogP contribution in [0.4, 0.5) is 0 Å². The van der Waals surface area contributed by atoms with E-state index in [2.05, 4.69) is 11.2 Å². The van der Waals surface area contributed by atoms with Crippen molar-refractivity contribution in [1.82, 2.24) is 0 Å². The average Bonchev–Trinajstić information content (AvgIpc) is 0.722. The summed E-state index contributed by atoms with van der Waals surface area (Å²) in [4.78, 5) is 0. The third-order valence-corrected chi connectivity index (χ3v) is 0.471. The lowest BCUT2D eigenvalue weighted by Crippen LogP contribution is -2.10. The standard InChI is InChI=1S/C3H5O/c1-2-4-3-1/h1H,2-3H2. The van der Waals surface area contributed by atoms with Crippen LogP contribution >= 0.6 is 0 Å². The molecule has 1 heteroatoms. The van der Waals surface area contributed by atoms with E-state index in [4.69, 9.17) is 0 Å². The van der Waals surface area contributed by atoms with E-state index in [1.165, 1.54) is 0 Å². The summed E-state index contributed by atoms with van der Waals surface area (Å²) in [5.74, 6) is 0. The van der Waals surface area contributed by atoms with Crippen LogP contribution in [-0.2, 0) is 4.74 Å². The Morgan fingerprint density at radius 3 is 1.75 bits per heavy atom. The number of hydrogen-bond acceptors (Lipinski definition) is 1. The van der Waals surface area contributed by atoms with Crippen LogP contribution in [-0.4, -0.2) is 13.2 Å². The summed E-state index contributed by atoms with van der Waals surface area (Å²) in [5, 5.41) is 0. The van der Waals surface area contributed by atoms with Crippen molar-refractivity contribution in [1.29, 1.82) is 0 Å². The molecule has 0 aliphatic carbocycles. The zero-order valence-electron chi connectivity index (χ0n) is 2.40. The summed E-state index contributed by atoms with van der Waals surface area (Å²) in [6.45, 7) is 1.75. The van der Waals surface area contributed by atoms with Gasteiger partial charge in [0.25, 0.3) is 0 Å². The maximum absolute atomic E-state index is 4.67. The maximum Gasteiger partial charge on any atom is 0.0520 e. The molecule has 0 aromatic rings. The van der Waals surface area contributed by atoms with Gasteiger partial charge in [-0.3, -0.25) is 0 Å². The van der Waals surface area contributed by atoms with Crippen molar-refractivity contribution >= 4 is 0 Å². The highest BCUT2D eigenvalue weighted by molar-refractivity contribution is 4.69. The molecule has 0 amide bonds. The molecule has 1 saturated heterocycles. The van der Waals surface area contributed by atoms with Crippen LogP contribution in [0.5, 0.6) is 0 Å². The molecule has 0 N–H and O–H groups in total. The van der Waals surface area contributed by atoms with Gasteiger partial charge in [0.2, 0.25) is 0 Å². The van der Waals surface area contributed by atoms with E-state index < -0.39 is 0 Å². The predicted octanol–water partition coefficient (Wildman–Crippen LogP) is 0.221. The van der Waals surface area contributed by atoms with E-state index in [0.717, 1.165) is 13.2 Å².